The smallest absolute Gasteiger partial charge is 0.308 e. The van der Waals surface area contributed by atoms with Crippen LogP contribution in [0.5, 0.6) is 0 Å². The number of sulfone groups is 1. The van der Waals surface area contributed by atoms with Crippen LogP contribution in [0, 0.1) is 0 Å². The first-order valence-electron chi connectivity index (χ1n) is 9.13. The van der Waals surface area contributed by atoms with E-state index in [2.05, 4.69) is 9.97 Å². The quantitative estimate of drug-likeness (QED) is 0.510. The summed E-state index contributed by atoms with van der Waals surface area (Å²) in [5.74, 6) is -0.662. The van der Waals surface area contributed by atoms with E-state index in [9.17, 15) is 18.0 Å². The van der Waals surface area contributed by atoms with Gasteiger partial charge in [-0.3, -0.25) is 9.59 Å². The van der Waals surface area contributed by atoms with Gasteiger partial charge in [-0.1, -0.05) is 13.3 Å². The van der Waals surface area contributed by atoms with Crippen LogP contribution in [0.3, 0.4) is 0 Å². The highest BCUT2D eigenvalue weighted by molar-refractivity contribution is 7.91. The third-order valence-electron chi connectivity index (χ3n) is 4.03. The zero-order chi connectivity index (χ0) is 20.2. The van der Waals surface area contributed by atoms with Gasteiger partial charge in [0.15, 0.2) is 0 Å². The second-order valence-corrected chi connectivity index (χ2v) is 9.57. The fraction of sp³-hybridized carbons (Fsp3) is 0.667. The number of carbonyl (C=O) groups excluding carboxylic acids is 2. The molecule has 0 atom stereocenters. The number of fused-ring (bicyclic) bond motifs is 1. The van der Waals surface area contributed by atoms with Crippen molar-refractivity contribution in [1.82, 2.24) is 14.9 Å². The lowest BCUT2D eigenvalue weighted by Gasteiger charge is -2.28. The molecule has 1 amide bonds. The molecule has 0 bridgehead atoms. The lowest BCUT2D eigenvalue weighted by molar-refractivity contribution is -0.155. The van der Waals surface area contributed by atoms with Gasteiger partial charge in [0.1, 0.15) is 5.60 Å². The van der Waals surface area contributed by atoms with Crippen molar-refractivity contribution in [3.05, 3.63) is 17.5 Å². The van der Waals surface area contributed by atoms with E-state index >= 15 is 0 Å². The molecule has 150 valence electrons. The summed E-state index contributed by atoms with van der Waals surface area (Å²) in [6, 6.07) is 0. The molecule has 1 aromatic rings. The van der Waals surface area contributed by atoms with Crippen LogP contribution >= 0.6 is 0 Å². The highest BCUT2D eigenvalue weighted by Gasteiger charge is 2.29. The van der Waals surface area contributed by atoms with Crippen molar-refractivity contribution in [1.29, 1.82) is 0 Å². The third-order valence-corrected chi connectivity index (χ3v) is 5.61. The van der Waals surface area contributed by atoms with Crippen molar-refractivity contribution in [2.45, 2.75) is 64.1 Å². The fourth-order valence-electron chi connectivity index (χ4n) is 2.69. The van der Waals surface area contributed by atoms with Gasteiger partial charge in [-0.15, -0.1) is 0 Å². The number of ether oxygens (including phenoxy) is 1. The van der Waals surface area contributed by atoms with E-state index in [1.807, 2.05) is 6.92 Å². The molecule has 0 saturated carbocycles. The Kier molecular flexibility index (Phi) is 6.56. The minimum Gasteiger partial charge on any atom is -0.460 e. The van der Waals surface area contributed by atoms with Gasteiger partial charge in [0.2, 0.25) is 15.0 Å². The summed E-state index contributed by atoms with van der Waals surface area (Å²) < 4.78 is 29.7. The monoisotopic (exact) mass is 397 g/mol. The normalized spacial score (nSPS) is 14.8. The molecular weight excluding hydrogens is 370 g/mol. The lowest BCUT2D eigenvalue weighted by atomic mass is 10.1. The molecule has 1 aromatic heterocycles. The Bertz CT molecular complexity index is 815. The Morgan fingerprint density at radius 1 is 1.33 bits per heavy atom. The van der Waals surface area contributed by atoms with Crippen molar-refractivity contribution >= 4 is 21.7 Å². The largest absolute Gasteiger partial charge is 0.460 e. The Morgan fingerprint density at radius 2 is 2.04 bits per heavy atom. The van der Waals surface area contributed by atoms with Gasteiger partial charge < -0.3 is 9.64 Å². The van der Waals surface area contributed by atoms with Crippen molar-refractivity contribution in [2.75, 3.05) is 18.8 Å². The Hall–Kier alpha value is -2.03. The molecular formula is C18H27N3O5S. The van der Waals surface area contributed by atoms with Crippen LogP contribution in [0.15, 0.2) is 11.4 Å². The summed E-state index contributed by atoms with van der Waals surface area (Å²) in [6.07, 6.45) is 3.11. The summed E-state index contributed by atoms with van der Waals surface area (Å²) in [7, 11) is -3.53. The minimum absolute atomic E-state index is 0.00174. The first-order valence-corrected chi connectivity index (χ1v) is 10.8. The van der Waals surface area contributed by atoms with Crippen LogP contribution in [0.4, 0.5) is 0 Å². The molecule has 0 spiro atoms. The summed E-state index contributed by atoms with van der Waals surface area (Å²) in [5, 5.41) is -0.218. The average Bonchev–Trinajstić information content (AvgIpc) is 2.57. The average molecular weight is 397 g/mol. The summed E-state index contributed by atoms with van der Waals surface area (Å²) >= 11 is 0. The zero-order valence-electron chi connectivity index (χ0n) is 16.3. The second-order valence-electron chi connectivity index (χ2n) is 7.56. The molecule has 27 heavy (non-hydrogen) atoms. The van der Waals surface area contributed by atoms with E-state index in [0.29, 0.717) is 30.6 Å². The molecule has 0 unspecified atom stereocenters. The molecule has 0 aliphatic carbocycles. The van der Waals surface area contributed by atoms with Gasteiger partial charge in [-0.2, -0.15) is 0 Å². The first-order chi connectivity index (χ1) is 12.5. The Morgan fingerprint density at radius 3 is 2.67 bits per heavy atom. The van der Waals surface area contributed by atoms with E-state index in [-0.39, 0.29) is 35.8 Å². The van der Waals surface area contributed by atoms with E-state index in [4.69, 9.17) is 4.74 Å². The van der Waals surface area contributed by atoms with Crippen molar-refractivity contribution < 1.29 is 22.7 Å². The second kappa shape index (κ2) is 8.33. The maximum Gasteiger partial charge on any atom is 0.308 e. The molecule has 0 aromatic carbocycles. The molecule has 0 saturated heterocycles. The van der Waals surface area contributed by atoms with E-state index in [1.54, 1.807) is 25.7 Å². The number of nitrogens with zero attached hydrogens (tertiary/aromatic N) is 3. The van der Waals surface area contributed by atoms with Crippen LogP contribution in [0.1, 0.15) is 63.0 Å². The van der Waals surface area contributed by atoms with Gasteiger partial charge in [-0.05, 0) is 27.2 Å². The molecule has 0 N–H and O–H groups in total. The molecule has 1 aliphatic heterocycles. The van der Waals surface area contributed by atoms with Crippen LogP contribution in [0.2, 0.25) is 0 Å². The summed E-state index contributed by atoms with van der Waals surface area (Å²) in [4.78, 5) is 34.0. The predicted molar refractivity (Wildman–Crippen MR) is 99.1 cm³/mol. The molecule has 8 nitrogen and oxygen atoms in total. The fourth-order valence-corrected chi connectivity index (χ4v) is 4.00. The summed E-state index contributed by atoms with van der Waals surface area (Å²) in [6.45, 7) is 7.89. The van der Waals surface area contributed by atoms with Crippen molar-refractivity contribution in [3.63, 3.8) is 0 Å². The molecule has 1 aliphatic rings. The van der Waals surface area contributed by atoms with E-state index < -0.39 is 15.4 Å². The molecule has 2 rings (SSSR count). The Labute approximate surface area is 160 Å². The number of rotatable bonds is 7. The molecule has 9 heteroatoms. The Balaban J connectivity index is 2.06. The maximum atomic E-state index is 12.6. The SMILES string of the molecule is CCCCS(=O)(=O)c1ncc2c(n1)CCN(CCC(=O)OC(C)(C)C)C2=O. The highest BCUT2D eigenvalue weighted by Crippen LogP contribution is 2.19. The van der Waals surface area contributed by atoms with Crippen molar-refractivity contribution in [3.8, 4) is 0 Å². The number of esters is 1. The molecule has 0 radical (unpaired) electrons. The number of carbonyl (C=O) groups is 2. The first kappa shape index (κ1) is 21.3. The van der Waals surface area contributed by atoms with Gasteiger partial charge in [0, 0.05) is 25.7 Å². The number of aromatic nitrogens is 2. The van der Waals surface area contributed by atoms with Crippen LogP contribution in [-0.4, -0.2) is 59.6 Å². The van der Waals surface area contributed by atoms with E-state index in [0.717, 1.165) is 6.42 Å². The van der Waals surface area contributed by atoms with Crippen LogP contribution in [-0.2, 0) is 25.8 Å². The number of hydrogen-bond donors (Lipinski definition) is 0. The maximum absolute atomic E-state index is 12.6. The van der Waals surface area contributed by atoms with E-state index in [1.165, 1.54) is 6.20 Å². The lowest BCUT2D eigenvalue weighted by Crippen LogP contribution is -2.40. The number of unbranched alkanes of at least 4 members (excludes halogenated alkanes) is 1. The van der Waals surface area contributed by atoms with Gasteiger partial charge in [-0.25, -0.2) is 18.4 Å². The predicted octanol–water partition coefficient (Wildman–Crippen LogP) is 1.78. The number of hydrogen-bond acceptors (Lipinski definition) is 7. The topological polar surface area (TPSA) is 107 Å². The number of amides is 1. The van der Waals surface area contributed by atoms with Crippen LogP contribution in [0.25, 0.3) is 0 Å². The molecule has 0 fully saturated rings. The van der Waals surface area contributed by atoms with Gasteiger partial charge in [0.25, 0.3) is 5.91 Å². The van der Waals surface area contributed by atoms with Gasteiger partial charge in [0.05, 0.1) is 23.4 Å². The molecule has 2 heterocycles. The zero-order valence-corrected chi connectivity index (χ0v) is 17.1. The third kappa shape index (κ3) is 5.72. The highest BCUT2D eigenvalue weighted by atomic mass is 32.2. The van der Waals surface area contributed by atoms with Crippen LogP contribution < -0.4 is 0 Å². The standard InChI is InChI=1S/C18H27N3O5S/c1-5-6-11-27(24,25)17-19-12-13-14(20-17)7-9-21(16(13)23)10-8-15(22)26-18(2,3)4/h12H,5-11H2,1-4H3. The van der Waals surface area contributed by atoms with Gasteiger partial charge >= 0.3 is 5.97 Å². The van der Waals surface area contributed by atoms with Crippen molar-refractivity contribution in [2.24, 2.45) is 0 Å². The minimum atomic E-state index is -3.53. The summed E-state index contributed by atoms with van der Waals surface area (Å²) in [5.41, 5.74) is 0.168.